The zero-order chi connectivity index (χ0) is 15.3. The van der Waals surface area contributed by atoms with Crippen molar-refractivity contribution in [2.75, 3.05) is 17.9 Å². The van der Waals surface area contributed by atoms with Gasteiger partial charge >= 0.3 is 0 Å². The first-order valence-corrected chi connectivity index (χ1v) is 7.93. The molecule has 0 saturated heterocycles. The number of rotatable bonds is 6. The average molecular weight is 307 g/mol. The number of hydrogen-bond acceptors (Lipinski definition) is 4. The summed E-state index contributed by atoms with van der Waals surface area (Å²) in [5.41, 5.74) is 1.57. The molecule has 0 amide bonds. The van der Waals surface area contributed by atoms with Gasteiger partial charge in [-0.15, -0.1) is 0 Å². The van der Waals surface area contributed by atoms with Crippen molar-refractivity contribution in [2.45, 2.75) is 11.8 Å². The van der Waals surface area contributed by atoms with Crippen LogP contribution in [0.25, 0.3) is 0 Å². The number of hydrogen-bond donors (Lipinski definition) is 2. The van der Waals surface area contributed by atoms with E-state index >= 15 is 0 Å². The Labute approximate surface area is 124 Å². The summed E-state index contributed by atoms with van der Waals surface area (Å²) in [6.07, 6.45) is 0. The van der Waals surface area contributed by atoms with Crippen LogP contribution in [0.1, 0.15) is 5.56 Å². The zero-order valence-corrected chi connectivity index (χ0v) is 12.4. The molecule has 0 aromatic heterocycles. The molecule has 0 heterocycles. The second-order valence-electron chi connectivity index (χ2n) is 4.51. The summed E-state index contributed by atoms with van der Waals surface area (Å²) >= 11 is 0. The number of aliphatic hydroxyl groups is 1. The van der Waals surface area contributed by atoms with Crippen LogP contribution >= 0.6 is 0 Å². The van der Waals surface area contributed by atoms with Gasteiger partial charge in [-0.3, -0.25) is 4.72 Å². The summed E-state index contributed by atoms with van der Waals surface area (Å²) in [5, 5.41) is 8.66. The highest BCUT2D eigenvalue weighted by molar-refractivity contribution is 7.92. The fourth-order valence-electron chi connectivity index (χ4n) is 1.71. The van der Waals surface area contributed by atoms with E-state index in [4.69, 9.17) is 9.84 Å². The average Bonchev–Trinajstić information content (AvgIpc) is 2.48. The van der Waals surface area contributed by atoms with Gasteiger partial charge in [0.15, 0.2) is 0 Å². The number of aliphatic hydroxyl groups excluding tert-OH is 1. The lowest BCUT2D eigenvalue weighted by molar-refractivity contribution is 0.201. The molecule has 0 fully saturated rings. The van der Waals surface area contributed by atoms with Crippen molar-refractivity contribution < 1.29 is 18.3 Å². The number of nitrogens with one attached hydrogen (secondary N) is 1. The van der Waals surface area contributed by atoms with Crippen molar-refractivity contribution in [3.63, 3.8) is 0 Å². The summed E-state index contributed by atoms with van der Waals surface area (Å²) in [5.74, 6) is 0.512. The van der Waals surface area contributed by atoms with Crippen molar-refractivity contribution >= 4 is 15.7 Å². The Morgan fingerprint density at radius 3 is 2.24 bits per heavy atom. The van der Waals surface area contributed by atoms with E-state index in [2.05, 4.69) is 4.72 Å². The highest BCUT2D eigenvalue weighted by Crippen LogP contribution is 2.19. The topological polar surface area (TPSA) is 75.6 Å². The lowest BCUT2D eigenvalue weighted by Crippen LogP contribution is -2.12. The molecular formula is C15H17NO4S. The van der Waals surface area contributed by atoms with Gasteiger partial charge in [0.05, 0.1) is 11.5 Å². The number of anilines is 1. The Balaban J connectivity index is 2.13. The molecule has 112 valence electrons. The highest BCUT2D eigenvalue weighted by Gasteiger charge is 2.14. The Bertz CT molecular complexity index is 679. The van der Waals surface area contributed by atoms with Gasteiger partial charge < -0.3 is 9.84 Å². The monoisotopic (exact) mass is 307 g/mol. The standard InChI is InChI=1S/C15H17NO4S/c1-12-2-4-13(5-3-12)16-21(18,19)15-8-6-14(7-9-15)20-11-10-17/h2-9,16-17H,10-11H2,1H3. The minimum Gasteiger partial charge on any atom is -0.491 e. The molecule has 0 aliphatic rings. The van der Waals surface area contributed by atoms with Gasteiger partial charge in [-0.25, -0.2) is 8.42 Å². The Morgan fingerprint density at radius 1 is 1.05 bits per heavy atom. The van der Waals surface area contributed by atoms with Crippen molar-refractivity contribution in [3.05, 3.63) is 54.1 Å². The van der Waals surface area contributed by atoms with Gasteiger partial charge in [0, 0.05) is 5.69 Å². The van der Waals surface area contributed by atoms with E-state index in [-0.39, 0.29) is 18.1 Å². The third-order valence-electron chi connectivity index (χ3n) is 2.80. The lowest BCUT2D eigenvalue weighted by atomic mass is 10.2. The maximum Gasteiger partial charge on any atom is 0.261 e. The molecule has 2 rings (SSSR count). The first kappa shape index (κ1) is 15.3. The molecule has 6 heteroatoms. The van der Waals surface area contributed by atoms with Crippen LogP contribution in [0.5, 0.6) is 5.75 Å². The zero-order valence-electron chi connectivity index (χ0n) is 11.6. The minimum atomic E-state index is -3.62. The quantitative estimate of drug-likeness (QED) is 0.857. The number of benzene rings is 2. The Kier molecular flexibility index (Phi) is 4.82. The van der Waals surface area contributed by atoms with E-state index in [1.807, 2.05) is 19.1 Å². The molecule has 21 heavy (non-hydrogen) atoms. The highest BCUT2D eigenvalue weighted by atomic mass is 32.2. The molecule has 0 atom stereocenters. The molecule has 0 aliphatic carbocycles. The second kappa shape index (κ2) is 6.60. The number of sulfonamides is 1. The summed E-state index contributed by atoms with van der Waals surface area (Å²) in [6.45, 7) is 2.02. The van der Waals surface area contributed by atoms with E-state index in [1.165, 1.54) is 12.1 Å². The van der Waals surface area contributed by atoms with Gasteiger partial charge in [0.1, 0.15) is 12.4 Å². The Hall–Kier alpha value is -2.05. The van der Waals surface area contributed by atoms with Gasteiger partial charge in [-0.1, -0.05) is 17.7 Å². The van der Waals surface area contributed by atoms with E-state index in [0.717, 1.165) is 5.56 Å². The molecule has 2 aromatic rings. The molecule has 2 N–H and O–H groups in total. The smallest absolute Gasteiger partial charge is 0.261 e. The summed E-state index contributed by atoms with van der Waals surface area (Å²) in [4.78, 5) is 0.152. The van der Waals surface area contributed by atoms with Crippen molar-refractivity contribution in [1.29, 1.82) is 0 Å². The molecule has 0 aliphatic heterocycles. The predicted octanol–water partition coefficient (Wildman–Crippen LogP) is 2.17. The van der Waals surface area contributed by atoms with Crippen LogP contribution in [-0.2, 0) is 10.0 Å². The first-order chi connectivity index (χ1) is 10.0. The van der Waals surface area contributed by atoms with Crippen molar-refractivity contribution in [1.82, 2.24) is 0 Å². The molecule has 2 aromatic carbocycles. The largest absolute Gasteiger partial charge is 0.491 e. The normalized spacial score (nSPS) is 11.1. The fraction of sp³-hybridized carbons (Fsp3) is 0.200. The van der Waals surface area contributed by atoms with Crippen LogP contribution in [0.15, 0.2) is 53.4 Å². The van der Waals surface area contributed by atoms with Crippen LogP contribution in [0, 0.1) is 6.92 Å². The van der Waals surface area contributed by atoms with Crippen molar-refractivity contribution in [3.8, 4) is 5.75 Å². The summed E-state index contributed by atoms with van der Waals surface area (Å²) in [6, 6.07) is 13.1. The van der Waals surface area contributed by atoms with Crippen LogP contribution in [0.3, 0.4) is 0 Å². The molecule has 0 spiro atoms. The predicted molar refractivity (Wildman–Crippen MR) is 81.0 cm³/mol. The third-order valence-corrected chi connectivity index (χ3v) is 4.20. The van der Waals surface area contributed by atoms with Gasteiger partial charge in [0.2, 0.25) is 0 Å². The van der Waals surface area contributed by atoms with E-state index in [1.54, 1.807) is 24.3 Å². The fourth-order valence-corrected chi connectivity index (χ4v) is 2.77. The van der Waals surface area contributed by atoms with Crippen LogP contribution in [0.2, 0.25) is 0 Å². The summed E-state index contributed by atoms with van der Waals surface area (Å²) in [7, 11) is -3.62. The van der Waals surface area contributed by atoms with Crippen LogP contribution in [-0.4, -0.2) is 26.7 Å². The molecule has 5 nitrogen and oxygen atoms in total. The minimum absolute atomic E-state index is 0.0883. The van der Waals surface area contributed by atoms with Crippen LogP contribution in [0.4, 0.5) is 5.69 Å². The number of aryl methyl sites for hydroxylation is 1. The molecule has 0 unspecified atom stereocenters. The van der Waals surface area contributed by atoms with Gasteiger partial charge in [0.25, 0.3) is 10.0 Å². The van der Waals surface area contributed by atoms with Crippen LogP contribution < -0.4 is 9.46 Å². The second-order valence-corrected chi connectivity index (χ2v) is 6.20. The van der Waals surface area contributed by atoms with Crippen molar-refractivity contribution in [2.24, 2.45) is 0 Å². The van der Waals surface area contributed by atoms with E-state index < -0.39 is 10.0 Å². The van der Waals surface area contributed by atoms with Gasteiger partial charge in [-0.2, -0.15) is 0 Å². The SMILES string of the molecule is Cc1ccc(NS(=O)(=O)c2ccc(OCCO)cc2)cc1. The van der Waals surface area contributed by atoms with E-state index in [9.17, 15) is 8.42 Å². The number of ether oxygens (including phenoxy) is 1. The molecule has 0 bridgehead atoms. The lowest BCUT2D eigenvalue weighted by Gasteiger charge is -2.09. The Morgan fingerprint density at radius 2 is 1.67 bits per heavy atom. The summed E-state index contributed by atoms with van der Waals surface area (Å²) < 4.78 is 32.1. The maximum absolute atomic E-state index is 12.2. The third kappa shape index (κ3) is 4.21. The first-order valence-electron chi connectivity index (χ1n) is 6.44. The molecular weight excluding hydrogens is 290 g/mol. The molecule has 0 saturated carbocycles. The van der Waals surface area contributed by atoms with E-state index in [0.29, 0.717) is 11.4 Å². The van der Waals surface area contributed by atoms with Gasteiger partial charge in [-0.05, 0) is 43.3 Å². The maximum atomic E-state index is 12.2. The molecule has 0 radical (unpaired) electrons.